The summed E-state index contributed by atoms with van der Waals surface area (Å²) in [5.74, 6) is -0.383. The molecule has 2 N–H and O–H groups in total. The molecule has 1 fully saturated rings. The molecule has 0 spiro atoms. The van der Waals surface area contributed by atoms with Crippen molar-refractivity contribution in [3.05, 3.63) is 78.1 Å². The molecular weight excluding hydrogens is 462 g/mol. The monoisotopic (exact) mass is 491 g/mol. The fourth-order valence-corrected chi connectivity index (χ4v) is 3.86. The molecule has 0 bridgehead atoms. The topological polar surface area (TPSA) is 128 Å². The van der Waals surface area contributed by atoms with Crippen LogP contribution in [0.1, 0.15) is 18.1 Å². The van der Waals surface area contributed by atoms with E-state index in [1.54, 1.807) is 32.4 Å². The fourth-order valence-electron chi connectivity index (χ4n) is 3.86. The van der Waals surface area contributed by atoms with Gasteiger partial charge in [0.2, 0.25) is 11.8 Å². The number of carbonyl (C=O) groups is 3. The van der Waals surface area contributed by atoms with Gasteiger partial charge in [0.15, 0.2) is 5.78 Å². The lowest BCUT2D eigenvalue weighted by atomic mass is 9.94. The van der Waals surface area contributed by atoms with Crippen molar-refractivity contribution in [2.45, 2.75) is 44.0 Å². The molecule has 1 aromatic heterocycles. The van der Waals surface area contributed by atoms with E-state index in [0.29, 0.717) is 18.8 Å². The van der Waals surface area contributed by atoms with Gasteiger partial charge in [0, 0.05) is 12.6 Å². The van der Waals surface area contributed by atoms with E-state index in [1.807, 2.05) is 42.5 Å². The Morgan fingerprint density at radius 2 is 1.69 bits per heavy atom. The summed E-state index contributed by atoms with van der Waals surface area (Å²) in [6.07, 6.45) is 3.56. The molecule has 10 heteroatoms. The highest BCUT2D eigenvalue weighted by Crippen LogP contribution is 2.29. The van der Waals surface area contributed by atoms with Gasteiger partial charge < -0.3 is 20.1 Å². The number of epoxide rings is 1. The van der Waals surface area contributed by atoms with Gasteiger partial charge in [-0.05, 0) is 36.6 Å². The molecule has 0 unspecified atom stereocenters. The number of carbonyl (C=O) groups excluding carboxylic acids is 3. The van der Waals surface area contributed by atoms with Gasteiger partial charge in [0.1, 0.15) is 23.9 Å². The first-order valence-electron chi connectivity index (χ1n) is 11.7. The molecule has 4 rings (SSSR count). The van der Waals surface area contributed by atoms with Crippen molar-refractivity contribution in [1.82, 2.24) is 25.6 Å². The average molecular weight is 492 g/mol. The number of ether oxygens (including phenoxy) is 2. The average Bonchev–Trinajstić information content (AvgIpc) is 3.43. The number of hydrogen-bond acceptors (Lipinski definition) is 7. The lowest BCUT2D eigenvalue weighted by Gasteiger charge is -2.24. The minimum Gasteiger partial charge on any atom is -0.497 e. The van der Waals surface area contributed by atoms with Gasteiger partial charge in [0.05, 0.1) is 26.0 Å². The minimum absolute atomic E-state index is 0.0926. The number of nitrogens with one attached hydrogen (secondary N) is 2. The second kappa shape index (κ2) is 11.1. The molecule has 3 aromatic rings. The zero-order chi connectivity index (χ0) is 25.5. The fraction of sp³-hybridized carbons (Fsp3) is 0.346. The van der Waals surface area contributed by atoms with E-state index in [1.165, 1.54) is 10.9 Å². The number of rotatable bonds is 12. The number of methoxy groups -OCH3 is 1. The van der Waals surface area contributed by atoms with Crippen LogP contribution in [0.5, 0.6) is 5.75 Å². The number of nitrogens with zero attached hydrogens (tertiary/aromatic N) is 3. The summed E-state index contributed by atoms with van der Waals surface area (Å²) < 4.78 is 11.9. The lowest BCUT2D eigenvalue weighted by molar-refractivity contribution is -0.133. The molecule has 36 heavy (non-hydrogen) atoms. The highest BCUT2D eigenvalue weighted by molar-refractivity contribution is 5.98. The first-order chi connectivity index (χ1) is 17.4. The van der Waals surface area contributed by atoms with E-state index >= 15 is 0 Å². The van der Waals surface area contributed by atoms with Crippen LogP contribution < -0.4 is 15.4 Å². The molecular formula is C26H29N5O5. The maximum atomic E-state index is 13.5. The first-order valence-corrected chi connectivity index (χ1v) is 11.7. The molecule has 188 valence electrons. The number of aromatic nitrogens is 3. The molecule has 1 saturated heterocycles. The molecule has 2 amide bonds. The molecule has 0 saturated carbocycles. The van der Waals surface area contributed by atoms with E-state index in [0.717, 1.165) is 11.1 Å². The van der Waals surface area contributed by atoms with Crippen LogP contribution in [0.15, 0.2) is 67.0 Å². The third kappa shape index (κ3) is 6.54. The van der Waals surface area contributed by atoms with Crippen LogP contribution in [0, 0.1) is 0 Å². The van der Waals surface area contributed by atoms with Crippen molar-refractivity contribution in [2.24, 2.45) is 0 Å². The predicted octanol–water partition coefficient (Wildman–Crippen LogP) is 1.10. The van der Waals surface area contributed by atoms with Crippen molar-refractivity contribution in [1.29, 1.82) is 0 Å². The molecule has 2 aromatic carbocycles. The lowest BCUT2D eigenvalue weighted by Crippen LogP contribution is -2.55. The maximum Gasteiger partial charge on any atom is 0.243 e. The Balaban J connectivity index is 1.52. The Kier molecular flexibility index (Phi) is 7.74. The van der Waals surface area contributed by atoms with E-state index < -0.39 is 29.5 Å². The van der Waals surface area contributed by atoms with Crippen molar-refractivity contribution < 1.29 is 23.9 Å². The molecule has 3 atom stereocenters. The van der Waals surface area contributed by atoms with Gasteiger partial charge in [-0.15, -0.1) is 5.10 Å². The van der Waals surface area contributed by atoms with E-state index in [4.69, 9.17) is 9.47 Å². The van der Waals surface area contributed by atoms with E-state index in [9.17, 15) is 14.4 Å². The summed E-state index contributed by atoms with van der Waals surface area (Å²) in [5.41, 5.74) is 0.817. The Bertz CT molecular complexity index is 1180. The van der Waals surface area contributed by atoms with Gasteiger partial charge in [-0.3, -0.25) is 14.4 Å². The summed E-state index contributed by atoms with van der Waals surface area (Å²) in [5, 5.41) is 13.1. The molecule has 0 aliphatic carbocycles. The highest BCUT2D eigenvalue weighted by atomic mass is 16.6. The molecule has 2 heterocycles. The summed E-state index contributed by atoms with van der Waals surface area (Å²) in [6.45, 7) is 1.94. The first kappa shape index (κ1) is 25.1. The van der Waals surface area contributed by atoms with Crippen molar-refractivity contribution in [2.75, 3.05) is 13.7 Å². The normalized spacial score (nSPS) is 18.1. The SMILES string of the molecule is COc1ccc(C[C@H](NC(=O)Cn2ccnn2)C(=O)N[C@@H](Cc2ccccc2)C(=O)[C@]2(C)CO2)cc1. The minimum atomic E-state index is -0.923. The Hall–Kier alpha value is -4.05. The standard InChI is InChI=1S/C26H29N5O5/c1-26(17-36-26)24(33)21(14-18-6-4-3-5-7-18)29-25(34)22(15-19-8-10-20(35-2)11-9-19)28-23(32)16-31-13-12-27-30-31/h3-13,21-22H,14-17H2,1-2H3,(H,28,32)(H,29,34)/t21-,22-,26-/m0/s1. The molecule has 1 aliphatic heterocycles. The number of Topliss-reactive ketones (excluding diaryl/α,β-unsaturated/α-hetero) is 1. The van der Waals surface area contributed by atoms with Crippen LogP contribution in [-0.4, -0.2) is 64.0 Å². The highest BCUT2D eigenvalue weighted by Gasteiger charge is 2.50. The smallest absolute Gasteiger partial charge is 0.243 e. The number of ketones is 1. The van der Waals surface area contributed by atoms with Crippen molar-refractivity contribution in [3.63, 3.8) is 0 Å². The van der Waals surface area contributed by atoms with Crippen molar-refractivity contribution in [3.8, 4) is 5.75 Å². The summed E-state index contributed by atoms with van der Waals surface area (Å²) in [6, 6.07) is 14.9. The van der Waals surface area contributed by atoms with Gasteiger partial charge in [-0.25, -0.2) is 4.68 Å². The summed E-state index contributed by atoms with van der Waals surface area (Å²) >= 11 is 0. The van der Waals surface area contributed by atoms with Crippen LogP contribution in [0.3, 0.4) is 0 Å². The Morgan fingerprint density at radius 3 is 2.31 bits per heavy atom. The summed E-state index contributed by atoms with van der Waals surface area (Å²) in [7, 11) is 1.57. The predicted molar refractivity (Wildman–Crippen MR) is 130 cm³/mol. The molecule has 0 radical (unpaired) electrons. The zero-order valence-corrected chi connectivity index (χ0v) is 20.2. The molecule has 1 aliphatic rings. The van der Waals surface area contributed by atoms with Crippen LogP contribution in [0.25, 0.3) is 0 Å². The van der Waals surface area contributed by atoms with Crippen LogP contribution in [-0.2, 0) is 38.5 Å². The number of benzene rings is 2. The van der Waals surface area contributed by atoms with Crippen LogP contribution in [0.4, 0.5) is 0 Å². The van der Waals surface area contributed by atoms with E-state index in [2.05, 4.69) is 20.9 Å². The third-order valence-electron chi connectivity index (χ3n) is 6.04. The quantitative estimate of drug-likeness (QED) is 0.363. The largest absolute Gasteiger partial charge is 0.497 e. The third-order valence-corrected chi connectivity index (χ3v) is 6.04. The summed E-state index contributed by atoms with van der Waals surface area (Å²) in [4.78, 5) is 39.4. The number of hydrogen-bond donors (Lipinski definition) is 2. The van der Waals surface area contributed by atoms with Gasteiger partial charge in [-0.1, -0.05) is 47.7 Å². The number of amides is 2. The Labute approximate surface area is 209 Å². The second-order valence-electron chi connectivity index (χ2n) is 8.91. The zero-order valence-electron chi connectivity index (χ0n) is 20.2. The van der Waals surface area contributed by atoms with Gasteiger partial charge in [-0.2, -0.15) is 0 Å². The van der Waals surface area contributed by atoms with Gasteiger partial charge >= 0.3 is 0 Å². The van der Waals surface area contributed by atoms with Gasteiger partial charge in [0.25, 0.3) is 0 Å². The maximum absolute atomic E-state index is 13.5. The van der Waals surface area contributed by atoms with Crippen LogP contribution in [0.2, 0.25) is 0 Å². The van der Waals surface area contributed by atoms with Crippen LogP contribution >= 0.6 is 0 Å². The van der Waals surface area contributed by atoms with Crippen molar-refractivity contribution >= 4 is 17.6 Å². The Morgan fingerprint density at radius 1 is 1.03 bits per heavy atom. The molecule has 10 nitrogen and oxygen atoms in total. The second-order valence-corrected chi connectivity index (χ2v) is 8.91. The van der Waals surface area contributed by atoms with E-state index in [-0.39, 0.29) is 18.7 Å².